The number of carbonyl (C=O) groups is 2. The van der Waals surface area contributed by atoms with Crippen LogP contribution in [0.25, 0.3) is 0 Å². The van der Waals surface area contributed by atoms with Gasteiger partial charge in [-0.25, -0.2) is 4.79 Å². The van der Waals surface area contributed by atoms with Crippen LogP contribution in [0.4, 0.5) is 11.4 Å². The Morgan fingerprint density at radius 1 is 1.27 bits per heavy atom. The van der Waals surface area contributed by atoms with Gasteiger partial charge in [-0.15, -0.1) is 0 Å². The molecule has 1 unspecified atom stereocenters. The second-order valence-corrected chi connectivity index (χ2v) is 6.46. The maximum absolute atomic E-state index is 12.3. The normalized spacial score (nSPS) is 17.7. The smallest absolute Gasteiger partial charge is 0.338 e. The van der Waals surface area contributed by atoms with Crippen LogP contribution in [0.3, 0.4) is 0 Å². The van der Waals surface area contributed by atoms with Gasteiger partial charge in [-0.3, -0.25) is 4.79 Å². The lowest BCUT2D eigenvalue weighted by molar-refractivity contribution is -0.117. The molecule has 2 aromatic rings. The van der Waals surface area contributed by atoms with Crippen molar-refractivity contribution in [2.45, 2.75) is 25.5 Å². The van der Waals surface area contributed by atoms with Crippen molar-refractivity contribution in [2.24, 2.45) is 0 Å². The summed E-state index contributed by atoms with van der Waals surface area (Å²) in [5, 5.41) is 11.7. The molecular formula is C20H17N3O3. The molecule has 2 heterocycles. The maximum Gasteiger partial charge on any atom is 0.338 e. The number of hydrogen-bond acceptors (Lipinski definition) is 5. The van der Waals surface area contributed by atoms with E-state index in [2.05, 4.69) is 10.2 Å². The van der Waals surface area contributed by atoms with Crippen molar-refractivity contribution >= 4 is 23.3 Å². The van der Waals surface area contributed by atoms with Gasteiger partial charge in [-0.1, -0.05) is 12.1 Å². The van der Waals surface area contributed by atoms with Gasteiger partial charge < -0.3 is 15.0 Å². The van der Waals surface area contributed by atoms with E-state index in [1.165, 1.54) is 0 Å². The number of benzene rings is 2. The number of rotatable bonds is 3. The monoisotopic (exact) mass is 347 g/mol. The first-order chi connectivity index (χ1) is 12.7. The zero-order valence-corrected chi connectivity index (χ0v) is 14.1. The van der Waals surface area contributed by atoms with Crippen molar-refractivity contribution in [1.29, 1.82) is 5.26 Å². The molecule has 0 aliphatic carbocycles. The van der Waals surface area contributed by atoms with Crippen molar-refractivity contribution < 1.29 is 14.3 Å². The van der Waals surface area contributed by atoms with Gasteiger partial charge in [0.05, 0.1) is 28.6 Å². The molecule has 6 heteroatoms. The number of anilines is 2. The molecule has 26 heavy (non-hydrogen) atoms. The fraction of sp³-hybridized carbons (Fsp3) is 0.250. The number of ether oxygens (including phenoxy) is 1. The molecule has 1 fully saturated rings. The fourth-order valence-corrected chi connectivity index (χ4v) is 3.46. The first-order valence-corrected chi connectivity index (χ1v) is 8.53. The maximum atomic E-state index is 12.3. The Bertz CT molecular complexity index is 915. The molecule has 1 saturated heterocycles. The lowest BCUT2D eigenvalue weighted by Crippen LogP contribution is -2.43. The Balaban J connectivity index is 1.48. The van der Waals surface area contributed by atoms with E-state index < -0.39 is 5.97 Å². The van der Waals surface area contributed by atoms with E-state index in [0.29, 0.717) is 16.8 Å². The minimum atomic E-state index is -0.449. The van der Waals surface area contributed by atoms with E-state index in [-0.39, 0.29) is 18.6 Å². The Morgan fingerprint density at radius 2 is 2.08 bits per heavy atom. The summed E-state index contributed by atoms with van der Waals surface area (Å²) in [6.45, 7) is 0.982. The predicted molar refractivity (Wildman–Crippen MR) is 95.7 cm³/mol. The summed E-state index contributed by atoms with van der Waals surface area (Å²) in [7, 11) is 0. The molecule has 1 atom stereocenters. The van der Waals surface area contributed by atoms with Crippen LogP contribution in [-0.2, 0) is 16.1 Å². The number of esters is 1. The van der Waals surface area contributed by atoms with Gasteiger partial charge in [-0.05, 0) is 48.7 Å². The topological polar surface area (TPSA) is 82.4 Å². The van der Waals surface area contributed by atoms with Crippen LogP contribution in [0.15, 0.2) is 42.5 Å². The third-order valence-corrected chi connectivity index (χ3v) is 4.81. The molecule has 1 N–H and O–H groups in total. The Labute approximate surface area is 151 Å². The van der Waals surface area contributed by atoms with Crippen LogP contribution in [-0.4, -0.2) is 24.5 Å². The van der Waals surface area contributed by atoms with Crippen LogP contribution < -0.4 is 10.2 Å². The van der Waals surface area contributed by atoms with Crippen molar-refractivity contribution in [2.75, 3.05) is 16.8 Å². The first-order valence-electron chi connectivity index (χ1n) is 8.53. The lowest BCUT2D eigenvalue weighted by atomic mass is 10.1. The zero-order valence-electron chi connectivity index (χ0n) is 14.1. The van der Waals surface area contributed by atoms with E-state index in [0.717, 1.165) is 30.6 Å². The molecule has 0 bridgehead atoms. The number of nitrogens with one attached hydrogen (secondary N) is 1. The third kappa shape index (κ3) is 2.88. The van der Waals surface area contributed by atoms with E-state index >= 15 is 0 Å². The van der Waals surface area contributed by atoms with Gasteiger partial charge in [0.25, 0.3) is 0 Å². The summed E-state index contributed by atoms with van der Waals surface area (Å²) in [6.07, 6.45) is 1.85. The Kier molecular flexibility index (Phi) is 4.05. The Hall–Kier alpha value is -3.33. The Morgan fingerprint density at radius 3 is 2.85 bits per heavy atom. The van der Waals surface area contributed by atoms with Crippen molar-refractivity contribution in [3.63, 3.8) is 0 Å². The van der Waals surface area contributed by atoms with Crippen molar-refractivity contribution in [1.82, 2.24) is 0 Å². The lowest BCUT2D eigenvalue weighted by Gasteiger charge is -2.33. The average molecular weight is 347 g/mol. The highest BCUT2D eigenvalue weighted by molar-refractivity contribution is 6.05. The van der Waals surface area contributed by atoms with Crippen LogP contribution >= 0.6 is 0 Å². The molecular weight excluding hydrogens is 330 g/mol. The molecule has 130 valence electrons. The molecule has 0 spiro atoms. The van der Waals surface area contributed by atoms with Crippen molar-refractivity contribution in [3.05, 3.63) is 59.2 Å². The SMILES string of the molecule is N#Cc1ccc(COC(=O)c2ccc3c(c2)NC(=O)C2CCCN32)cc1. The molecule has 0 radical (unpaired) electrons. The van der Waals surface area contributed by atoms with E-state index in [1.54, 1.807) is 36.4 Å². The molecule has 2 aliphatic heterocycles. The number of amides is 1. The van der Waals surface area contributed by atoms with Gasteiger partial charge in [0.1, 0.15) is 12.6 Å². The van der Waals surface area contributed by atoms with E-state index in [4.69, 9.17) is 10.00 Å². The molecule has 0 aromatic heterocycles. The quantitative estimate of drug-likeness (QED) is 0.864. The number of nitrogens with zero attached hydrogens (tertiary/aromatic N) is 2. The van der Waals surface area contributed by atoms with Gasteiger partial charge in [0.15, 0.2) is 0 Å². The van der Waals surface area contributed by atoms with Gasteiger partial charge >= 0.3 is 5.97 Å². The number of hydrogen-bond donors (Lipinski definition) is 1. The standard InChI is InChI=1S/C20H17N3O3/c21-11-13-3-5-14(6-4-13)12-26-20(25)15-7-8-17-16(10-15)22-19(24)18-2-1-9-23(17)18/h3-8,10,18H,1-2,9,12H2,(H,22,24). The van der Waals surface area contributed by atoms with Crippen molar-refractivity contribution in [3.8, 4) is 6.07 Å². The summed E-state index contributed by atoms with van der Waals surface area (Å²) in [6, 6.07) is 14.1. The second-order valence-electron chi connectivity index (χ2n) is 6.46. The summed E-state index contributed by atoms with van der Waals surface area (Å²) < 4.78 is 5.34. The number of carbonyl (C=O) groups excluding carboxylic acids is 2. The molecule has 2 aromatic carbocycles. The molecule has 6 nitrogen and oxygen atoms in total. The minimum Gasteiger partial charge on any atom is -0.457 e. The van der Waals surface area contributed by atoms with E-state index in [9.17, 15) is 9.59 Å². The summed E-state index contributed by atoms with van der Waals surface area (Å²) in [5.41, 5.74) is 3.38. The highest BCUT2D eigenvalue weighted by atomic mass is 16.5. The number of nitriles is 1. The molecule has 2 aliphatic rings. The fourth-order valence-electron chi connectivity index (χ4n) is 3.46. The van der Waals surface area contributed by atoms with Crippen LogP contribution in [0, 0.1) is 11.3 Å². The van der Waals surface area contributed by atoms with E-state index in [1.807, 2.05) is 12.1 Å². The third-order valence-electron chi connectivity index (χ3n) is 4.81. The first kappa shape index (κ1) is 16.2. The summed E-state index contributed by atoms with van der Waals surface area (Å²) in [5.74, 6) is -0.465. The predicted octanol–water partition coefficient (Wildman–Crippen LogP) is 2.84. The second kappa shape index (κ2) is 6.52. The average Bonchev–Trinajstić information content (AvgIpc) is 3.17. The molecule has 0 saturated carbocycles. The number of fused-ring (bicyclic) bond motifs is 3. The van der Waals surface area contributed by atoms with Crippen LogP contribution in [0.5, 0.6) is 0 Å². The van der Waals surface area contributed by atoms with Crippen LogP contribution in [0.2, 0.25) is 0 Å². The summed E-state index contributed by atoms with van der Waals surface area (Å²) >= 11 is 0. The summed E-state index contributed by atoms with van der Waals surface area (Å²) in [4.78, 5) is 26.6. The minimum absolute atomic E-state index is 0.0156. The largest absolute Gasteiger partial charge is 0.457 e. The van der Waals surface area contributed by atoms with Crippen LogP contribution in [0.1, 0.15) is 34.3 Å². The van der Waals surface area contributed by atoms with Gasteiger partial charge in [0, 0.05) is 6.54 Å². The molecule has 4 rings (SSSR count). The highest BCUT2D eigenvalue weighted by Gasteiger charge is 2.36. The zero-order chi connectivity index (χ0) is 18.1. The molecule has 1 amide bonds. The van der Waals surface area contributed by atoms with Gasteiger partial charge in [-0.2, -0.15) is 5.26 Å². The highest BCUT2D eigenvalue weighted by Crippen LogP contribution is 2.37. The van der Waals surface area contributed by atoms with Gasteiger partial charge in [0.2, 0.25) is 5.91 Å².